The van der Waals surface area contributed by atoms with Crippen molar-refractivity contribution in [1.82, 2.24) is 5.32 Å². The molecule has 0 saturated carbocycles. The number of benzene rings is 1. The third-order valence-corrected chi connectivity index (χ3v) is 5.66. The fourth-order valence-corrected chi connectivity index (χ4v) is 3.82. The Kier molecular flexibility index (Phi) is 9.06. The summed E-state index contributed by atoms with van der Waals surface area (Å²) in [6.45, 7) is 5.98. The van der Waals surface area contributed by atoms with Crippen molar-refractivity contribution in [3.05, 3.63) is 35.9 Å². The number of carbonyl (C=O) groups is 2. The van der Waals surface area contributed by atoms with Crippen LogP contribution in [0.4, 0.5) is 0 Å². The molecule has 1 unspecified atom stereocenters. The first-order valence-electron chi connectivity index (χ1n) is 8.92. The molecule has 0 fully saturated rings. The van der Waals surface area contributed by atoms with Crippen LogP contribution in [-0.4, -0.2) is 45.5 Å². The predicted molar refractivity (Wildman–Crippen MR) is 104 cm³/mol. The standard InChI is InChI=1S/C19H29NO7S/c1-6-16(20-14(2)21)28(23,24)27-13-19(3,4)17(18(22)25-5)26-12-15-10-8-7-9-11-15/h7-11,16-17H,6,12-13H2,1-5H3,(H,20,21)/t16?,17-/m0/s1. The summed E-state index contributed by atoms with van der Waals surface area (Å²) in [5, 5.41) is 1.18. The highest BCUT2D eigenvalue weighted by molar-refractivity contribution is 7.87. The Balaban J connectivity index is 2.88. The summed E-state index contributed by atoms with van der Waals surface area (Å²) in [6, 6.07) is 9.26. The molecule has 9 heteroatoms. The summed E-state index contributed by atoms with van der Waals surface area (Å²) in [5.41, 5.74) is -0.152. The minimum Gasteiger partial charge on any atom is -0.467 e. The summed E-state index contributed by atoms with van der Waals surface area (Å²) in [5.74, 6) is -1.10. The molecule has 0 radical (unpaired) electrons. The third-order valence-electron chi connectivity index (χ3n) is 4.06. The van der Waals surface area contributed by atoms with Crippen LogP contribution in [-0.2, 0) is 40.0 Å². The first-order valence-corrected chi connectivity index (χ1v) is 10.4. The van der Waals surface area contributed by atoms with Crippen LogP contribution in [0.5, 0.6) is 0 Å². The van der Waals surface area contributed by atoms with E-state index >= 15 is 0 Å². The van der Waals surface area contributed by atoms with Crippen LogP contribution in [0.3, 0.4) is 0 Å². The van der Waals surface area contributed by atoms with E-state index in [1.165, 1.54) is 14.0 Å². The quantitative estimate of drug-likeness (QED) is 0.435. The van der Waals surface area contributed by atoms with E-state index in [0.29, 0.717) is 0 Å². The van der Waals surface area contributed by atoms with E-state index in [4.69, 9.17) is 13.7 Å². The normalized spacial score (nSPS) is 14.2. The molecule has 0 aliphatic heterocycles. The number of hydrogen-bond donors (Lipinski definition) is 1. The van der Waals surface area contributed by atoms with Gasteiger partial charge in [0.25, 0.3) is 10.1 Å². The molecule has 0 bridgehead atoms. The largest absolute Gasteiger partial charge is 0.467 e. The molecule has 1 N–H and O–H groups in total. The maximum atomic E-state index is 12.4. The van der Waals surface area contributed by atoms with Gasteiger partial charge in [-0.2, -0.15) is 8.42 Å². The molecule has 1 amide bonds. The van der Waals surface area contributed by atoms with Crippen molar-refractivity contribution >= 4 is 22.0 Å². The number of methoxy groups -OCH3 is 1. The van der Waals surface area contributed by atoms with Gasteiger partial charge in [0.15, 0.2) is 11.5 Å². The topological polar surface area (TPSA) is 108 Å². The first kappa shape index (κ1) is 24.1. The maximum absolute atomic E-state index is 12.4. The minimum absolute atomic E-state index is 0.146. The molecule has 0 spiro atoms. The molecular formula is C19H29NO7S. The number of nitrogens with one attached hydrogen (secondary N) is 1. The van der Waals surface area contributed by atoms with E-state index in [2.05, 4.69) is 5.32 Å². The van der Waals surface area contributed by atoms with Crippen molar-refractivity contribution in [2.45, 2.75) is 52.2 Å². The lowest BCUT2D eigenvalue weighted by Gasteiger charge is -2.32. The van der Waals surface area contributed by atoms with Gasteiger partial charge in [0.1, 0.15) is 0 Å². The molecule has 1 aromatic carbocycles. The van der Waals surface area contributed by atoms with Gasteiger partial charge in [0.2, 0.25) is 5.91 Å². The number of esters is 1. The van der Waals surface area contributed by atoms with E-state index in [1.807, 2.05) is 30.3 Å². The maximum Gasteiger partial charge on any atom is 0.335 e. The molecule has 2 atom stereocenters. The minimum atomic E-state index is -4.07. The van der Waals surface area contributed by atoms with Gasteiger partial charge < -0.3 is 14.8 Å². The predicted octanol–water partition coefficient (Wildman–Crippen LogP) is 1.99. The average molecular weight is 416 g/mol. The lowest BCUT2D eigenvalue weighted by molar-refractivity contribution is -0.165. The Morgan fingerprint density at radius 1 is 1.18 bits per heavy atom. The zero-order valence-electron chi connectivity index (χ0n) is 16.9. The van der Waals surface area contributed by atoms with Crippen molar-refractivity contribution in [3.8, 4) is 0 Å². The fraction of sp³-hybridized carbons (Fsp3) is 0.579. The molecule has 1 rings (SSSR count). The summed E-state index contributed by atoms with van der Waals surface area (Å²) in [4.78, 5) is 23.4. The van der Waals surface area contributed by atoms with Crippen LogP contribution in [0.25, 0.3) is 0 Å². The molecular weight excluding hydrogens is 386 g/mol. The fourth-order valence-electron chi connectivity index (χ4n) is 2.47. The highest BCUT2D eigenvalue weighted by Crippen LogP contribution is 2.27. The van der Waals surface area contributed by atoms with Gasteiger partial charge in [0, 0.05) is 12.3 Å². The molecule has 28 heavy (non-hydrogen) atoms. The zero-order chi connectivity index (χ0) is 21.4. The smallest absolute Gasteiger partial charge is 0.335 e. The summed E-state index contributed by atoms with van der Waals surface area (Å²) >= 11 is 0. The first-order chi connectivity index (χ1) is 13.0. The van der Waals surface area contributed by atoms with E-state index < -0.39 is 38.9 Å². The molecule has 0 aliphatic rings. The van der Waals surface area contributed by atoms with Crippen molar-refractivity contribution in [2.24, 2.45) is 5.41 Å². The second-order valence-electron chi connectivity index (χ2n) is 7.04. The Labute approximate surface area is 166 Å². The van der Waals surface area contributed by atoms with E-state index in [9.17, 15) is 18.0 Å². The van der Waals surface area contributed by atoms with E-state index in [1.54, 1.807) is 20.8 Å². The Morgan fingerprint density at radius 2 is 1.79 bits per heavy atom. The molecule has 0 saturated heterocycles. The summed E-state index contributed by atoms with van der Waals surface area (Å²) < 4.78 is 40.5. The highest BCUT2D eigenvalue weighted by Gasteiger charge is 2.40. The molecule has 0 aliphatic carbocycles. The van der Waals surface area contributed by atoms with E-state index in [-0.39, 0.29) is 19.6 Å². The zero-order valence-corrected chi connectivity index (χ0v) is 17.7. The third kappa shape index (κ3) is 7.21. The molecule has 0 heterocycles. The van der Waals surface area contributed by atoms with Gasteiger partial charge in [-0.1, -0.05) is 51.1 Å². The number of ether oxygens (including phenoxy) is 2. The Hall–Kier alpha value is -1.97. The summed E-state index contributed by atoms with van der Waals surface area (Å²) in [6.07, 6.45) is -0.901. The SMILES string of the molecule is CCC(NC(C)=O)S(=O)(=O)OCC(C)(C)[C@@H](OCc1ccccc1)C(=O)OC. The molecule has 0 aromatic heterocycles. The number of amides is 1. The van der Waals surface area contributed by atoms with Gasteiger partial charge in [-0.25, -0.2) is 4.79 Å². The second kappa shape index (κ2) is 10.5. The van der Waals surface area contributed by atoms with Crippen molar-refractivity contribution in [3.63, 3.8) is 0 Å². The van der Waals surface area contributed by atoms with Gasteiger partial charge >= 0.3 is 5.97 Å². The van der Waals surface area contributed by atoms with Crippen LogP contribution in [0.1, 0.15) is 39.7 Å². The van der Waals surface area contributed by atoms with Crippen molar-refractivity contribution < 1.29 is 31.7 Å². The number of hydrogen-bond acceptors (Lipinski definition) is 7. The summed E-state index contributed by atoms with van der Waals surface area (Å²) in [7, 11) is -2.84. The van der Waals surface area contributed by atoms with Crippen molar-refractivity contribution in [2.75, 3.05) is 13.7 Å². The second-order valence-corrected chi connectivity index (χ2v) is 8.83. The highest BCUT2D eigenvalue weighted by atomic mass is 32.2. The van der Waals surface area contributed by atoms with Crippen LogP contribution in [0, 0.1) is 5.41 Å². The monoisotopic (exact) mass is 415 g/mol. The van der Waals surface area contributed by atoms with Crippen molar-refractivity contribution in [1.29, 1.82) is 0 Å². The van der Waals surface area contributed by atoms with E-state index in [0.717, 1.165) is 5.56 Å². The lowest BCUT2D eigenvalue weighted by Crippen LogP contribution is -2.45. The van der Waals surface area contributed by atoms with Gasteiger partial charge in [-0.15, -0.1) is 0 Å². The van der Waals surface area contributed by atoms with Crippen LogP contribution < -0.4 is 5.32 Å². The van der Waals surface area contributed by atoms with Gasteiger partial charge in [-0.05, 0) is 12.0 Å². The van der Waals surface area contributed by atoms with Crippen LogP contribution >= 0.6 is 0 Å². The Bertz CT molecular complexity index is 747. The van der Waals surface area contributed by atoms with Gasteiger partial charge in [0.05, 0.1) is 20.3 Å². The lowest BCUT2D eigenvalue weighted by atomic mass is 9.87. The average Bonchev–Trinajstić information content (AvgIpc) is 2.65. The molecule has 1 aromatic rings. The molecule has 158 valence electrons. The van der Waals surface area contributed by atoms with Crippen LogP contribution in [0.15, 0.2) is 30.3 Å². The van der Waals surface area contributed by atoms with Crippen LogP contribution in [0.2, 0.25) is 0 Å². The number of carbonyl (C=O) groups excluding carboxylic acids is 2. The molecule has 8 nitrogen and oxygen atoms in total. The number of rotatable bonds is 11. The Morgan fingerprint density at radius 3 is 2.29 bits per heavy atom. The van der Waals surface area contributed by atoms with Gasteiger partial charge in [-0.3, -0.25) is 8.98 Å².